The van der Waals surface area contributed by atoms with Crippen molar-refractivity contribution in [1.29, 1.82) is 0 Å². The lowest BCUT2D eigenvalue weighted by Gasteiger charge is -2.12. The van der Waals surface area contributed by atoms with Gasteiger partial charge in [0, 0.05) is 23.4 Å². The molecule has 25 heavy (non-hydrogen) atoms. The number of hydrogen-bond donors (Lipinski definition) is 2. The van der Waals surface area contributed by atoms with Gasteiger partial charge in [0.15, 0.2) is 0 Å². The van der Waals surface area contributed by atoms with Gasteiger partial charge in [-0.3, -0.25) is 9.59 Å². The summed E-state index contributed by atoms with van der Waals surface area (Å²) in [6.07, 6.45) is 4.68. The lowest BCUT2D eigenvalue weighted by Crippen LogP contribution is -2.31. The summed E-state index contributed by atoms with van der Waals surface area (Å²) in [5.74, 6) is 1.51. The molecule has 0 aliphatic heterocycles. The lowest BCUT2D eigenvalue weighted by atomic mass is 10.1. The van der Waals surface area contributed by atoms with Gasteiger partial charge in [-0.15, -0.1) is 0 Å². The van der Waals surface area contributed by atoms with Gasteiger partial charge in [-0.1, -0.05) is 12.8 Å². The number of ether oxygens (including phenoxy) is 2. The molecule has 1 heterocycles. The highest BCUT2D eigenvalue weighted by Gasteiger charge is 2.22. The predicted molar refractivity (Wildman–Crippen MR) is 96.3 cm³/mol. The summed E-state index contributed by atoms with van der Waals surface area (Å²) in [7, 11) is 3.15. The molecule has 3 rings (SSSR count). The minimum absolute atomic E-state index is 0.106. The monoisotopic (exact) mass is 344 g/mol. The Kier molecular flexibility index (Phi) is 5.26. The van der Waals surface area contributed by atoms with Crippen LogP contribution in [-0.2, 0) is 11.2 Å². The Morgan fingerprint density at radius 2 is 1.88 bits per heavy atom. The number of pyridine rings is 1. The van der Waals surface area contributed by atoms with Crippen molar-refractivity contribution in [3.05, 3.63) is 34.1 Å². The first-order chi connectivity index (χ1) is 12.1. The minimum atomic E-state index is -0.172. The van der Waals surface area contributed by atoms with E-state index in [2.05, 4.69) is 10.3 Å². The SMILES string of the molecule is COc1ccc(OC)c2[nH]c(=O)c(CCNC(=O)C3CCCC3)cc12. The molecule has 1 aliphatic carbocycles. The molecule has 0 atom stereocenters. The number of carbonyl (C=O) groups excluding carboxylic acids is 1. The average Bonchev–Trinajstić information content (AvgIpc) is 3.16. The van der Waals surface area contributed by atoms with Gasteiger partial charge < -0.3 is 19.8 Å². The van der Waals surface area contributed by atoms with Crippen LogP contribution in [0.5, 0.6) is 11.5 Å². The second kappa shape index (κ2) is 7.59. The molecule has 134 valence electrons. The highest BCUT2D eigenvalue weighted by Crippen LogP contribution is 2.31. The first kappa shape index (κ1) is 17.3. The molecule has 0 unspecified atom stereocenters. The Labute approximate surface area is 146 Å². The van der Waals surface area contributed by atoms with Gasteiger partial charge in [0.25, 0.3) is 5.56 Å². The zero-order valence-corrected chi connectivity index (χ0v) is 14.7. The number of methoxy groups -OCH3 is 2. The molecule has 1 aliphatic rings. The van der Waals surface area contributed by atoms with Crippen LogP contribution in [0.25, 0.3) is 10.9 Å². The molecule has 0 saturated heterocycles. The third-order valence-electron chi connectivity index (χ3n) is 4.88. The van der Waals surface area contributed by atoms with Crippen LogP contribution in [0.1, 0.15) is 31.2 Å². The number of hydrogen-bond acceptors (Lipinski definition) is 4. The van der Waals surface area contributed by atoms with Crippen molar-refractivity contribution in [2.45, 2.75) is 32.1 Å². The summed E-state index contributed by atoms with van der Waals surface area (Å²) in [5.41, 5.74) is 1.06. The number of carbonyl (C=O) groups is 1. The van der Waals surface area contributed by atoms with Crippen LogP contribution in [0.4, 0.5) is 0 Å². The molecule has 2 aromatic rings. The van der Waals surface area contributed by atoms with Gasteiger partial charge in [-0.25, -0.2) is 0 Å². The second-order valence-corrected chi connectivity index (χ2v) is 6.40. The summed E-state index contributed by atoms with van der Waals surface area (Å²) in [5, 5.41) is 3.74. The quantitative estimate of drug-likeness (QED) is 0.843. The molecule has 0 bridgehead atoms. The van der Waals surface area contributed by atoms with Crippen LogP contribution in [-0.4, -0.2) is 31.7 Å². The Bertz CT molecular complexity index is 822. The number of fused-ring (bicyclic) bond motifs is 1. The fourth-order valence-corrected chi connectivity index (χ4v) is 3.47. The van der Waals surface area contributed by atoms with E-state index in [1.54, 1.807) is 20.3 Å². The van der Waals surface area contributed by atoms with Crippen molar-refractivity contribution in [2.24, 2.45) is 5.92 Å². The maximum absolute atomic E-state index is 12.4. The fraction of sp³-hybridized carbons (Fsp3) is 0.474. The third kappa shape index (κ3) is 3.62. The van der Waals surface area contributed by atoms with Crippen LogP contribution < -0.4 is 20.3 Å². The number of benzene rings is 1. The molecule has 0 spiro atoms. The summed E-state index contributed by atoms with van der Waals surface area (Å²) < 4.78 is 10.7. The van der Waals surface area contributed by atoms with Crippen LogP contribution in [0.3, 0.4) is 0 Å². The lowest BCUT2D eigenvalue weighted by molar-refractivity contribution is -0.124. The smallest absolute Gasteiger partial charge is 0.251 e. The zero-order valence-electron chi connectivity index (χ0n) is 14.7. The van der Waals surface area contributed by atoms with Gasteiger partial charge in [-0.05, 0) is 37.5 Å². The normalized spacial score (nSPS) is 14.6. The largest absolute Gasteiger partial charge is 0.496 e. The number of aromatic nitrogens is 1. The molecule has 1 saturated carbocycles. The first-order valence-corrected chi connectivity index (χ1v) is 8.68. The summed E-state index contributed by atoms with van der Waals surface area (Å²) >= 11 is 0. The number of amides is 1. The van der Waals surface area contributed by atoms with E-state index >= 15 is 0 Å². The van der Waals surface area contributed by atoms with Crippen molar-refractivity contribution >= 4 is 16.8 Å². The van der Waals surface area contributed by atoms with E-state index in [4.69, 9.17) is 9.47 Å². The van der Waals surface area contributed by atoms with E-state index in [0.29, 0.717) is 35.5 Å². The van der Waals surface area contributed by atoms with Crippen LogP contribution >= 0.6 is 0 Å². The third-order valence-corrected chi connectivity index (χ3v) is 4.88. The fourth-order valence-electron chi connectivity index (χ4n) is 3.47. The van der Waals surface area contributed by atoms with Crippen LogP contribution in [0, 0.1) is 5.92 Å². The van der Waals surface area contributed by atoms with Crippen LogP contribution in [0.15, 0.2) is 23.0 Å². The molecule has 6 heteroatoms. The molecule has 1 aromatic heterocycles. The highest BCUT2D eigenvalue weighted by molar-refractivity contribution is 5.90. The molecule has 0 radical (unpaired) electrons. The molecule has 2 N–H and O–H groups in total. The Hall–Kier alpha value is -2.50. The molecule has 1 amide bonds. The first-order valence-electron chi connectivity index (χ1n) is 8.68. The van der Waals surface area contributed by atoms with Crippen molar-refractivity contribution in [2.75, 3.05) is 20.8 Å². The van der Waals surface area contributed by atoms with Gasteiger partial charge in [0.05, 0.1) is 19.7 Å². The van der Waals surface area contributed by atoms with Crippen molar-refractivity contribution < 1.29 is 14.3 Å². The average molecular weight is 344 g/mol. The molecule has 6 nitrogen and oxygen atoms in total. The van der Waals surface area contributed by atoms with E-state index < -0.39 is 0 Å². The summed E-state index contributed by atoms with van der Waals surface area (Å²) in [4.78, 5) is 27.3. The number of nitrogens with one attached hydrogen (secondary N) is 2. The zero-order chi connectivity index (χ0) is 17.8. The van der Waals surface area contributed by atoms with Gasteiger partial charge in [0.2, 0.25) is 5.91 Å². The molecule has 1 fully saturated rings. The van der Waals surface area contributed by atoms with Crippen LogP contribution in [0.2, 0.25) is 0 Å². The van der Waals surface area contributed by atoms with E-state index in [0.717, 1.165) is 31.1 Å². The molecular formula is C19H24N2O4. The van der Waals surface area contributed by atoms with Gasteiger partial charge in [0.1, 0.15) is 11.5 Å². The van der Waals surface area contributed by atoms with E-state index in [9.17, 15) is 9.59 Å². The summed E-state index contributed by atoms with van der Waals surface area (Å²) in [6.45, 7) is 0.455. The van der Waals surface area contributed by atoms with Crippen molar-refractivity contribution in [1.82, 2.24) is 10.3 Å². The number of H-pyrrole nitrogens is 1. The predicted octanol–water partition coefficient (Wildman–Crippen LogP) is 2.39. The van der Waals surface area contributed by atoms with Crippen molar-refractivity contribution in [3.63, 3.8) is 0 Å². The Balaban J connectivity index is 1.78. The van der Waals surface area contributed by atoms with E-state index in [-0.39, 0.29) is 17.4 Å². The summed E-state index contributed by atoms with van der Waals surface area (Å²) in [6, 6.07) is 5.39. The van der Waals surface area contributed by atoms with E-state index in [1.165, 1.54) is 0 Å². The Morgan fingerprint density at radius 1 is 1.20 bits per heavy atom. The second-order valence-electron chi connectivity index (χ2n) is 6.40. The standard InChI is InChI=1S/C19H24N2O4/c1-24-15-7-8-16(25-2)17-14(15)11-13(19(23)21-17)9-10-20-18(22)12-5-3-4-6-12/h7-8,11-12H,3-6,9-10H2,1-2H3,(H,20,22)(H,21,23). The molecular weight excluding hydrogens is 320 g/mol. The molecule has 1 aromatic carbocycles. The maximum atomic E-state index is 12.4. The van der Waals surface area contributed by atoms with Crippen molar-refractivity contribution in [3.8, 4) is 11.5 Å². The van der Waals surface area contributed by atoms with Gasteiger partial charge >= 0.3 is 0 Å². The van der Waals surface area contributed by atoms with E-state index in [1.807, 2.05) is 12.1 Å². The maximum Gasteiger partial charge on any atom is 0.251 e. The topological polar surface area (TPSA) is 80.4 Å². The number of rotatable bonds is 6. The Morgan fingerprint density at radius 3 is 2.56 bits per heavy atom. The number of aromatic amines is 1. The highest BCUT2D eigenvalue weighted by atomic mass is 16.5. The van der Waals surface area contributed by atoms with Gasteiger partial charge in [-0.2, -0.15) is 0 Å². The minimum Gasteiger partial charge on any atom is -0.496 e.